The van der Waals surface area contributed by atoms with Crippen molar-refractivity contribution in [3.05, 3.63) is 42.5 Å². The Morgan fingerprint density at radius 2 is 1.97 bits per heavy atom. The topological polar surface area (TPSA) is 174 Å². The van der Waals surface area contributed by atoms with Crippen LogP contribution in [-0.2, 0) is 0 Å². The van der Waals surface area contributed by atoms with E-state index in [2.05, 4.69) is 20.3 Å². The van der Waals surface area contributed by atoms with Crippen molar-refractivity contribution in [2.45, 2.75) is 37.1 Å². The number of benzene rings is 1. The summed E-state index contributed by atoms with van der Waals surface area (Å²) in [4.78, 5) is 25.0. The van der Waals surface area contributed by atoms with Crippen molar-refractivity contribution in [1.29, 1.82) is 0 Å². The van der Waals surface area contributed by atoms with Gasteiger partial charge >= 0.3 is 0 Å². The SMILES string of the molecule is NCCCOc1ccc(C(=O)N[C@H]2C[C@@H](n3cnc4c(N)ncnc43)[C@@H](O)[C@H]2O)cc1. The summed E-state index contributed by atoms with van der Waals surface area (Å²) in [6.45, 7) is 1.06. The summed E-state index contributed by atoms with van der Waals surface area (Å²) in [7, 11) is 0. The second kappa shape index (κ2) is 8.84. The molecular formula is C20H25N7O4. The fourth-order valence-electron chi connectivity index (χ4n) is 3.77. The van der Waals surface area contributed by atoms with Crippen LogP contribution in [0.4, 0.5) is 5.82 Å². The quantitative estimate of drug-likeness (QED) is 0.314. The summed E-state index contributed by atoms with van der Waals surface area (Å²) < 4.78 is 7.19. The number of nitrogen functional groups attached to an aromatic ring is 1. The molecule has 0 spiro atoms. The van der Waals surface area contributed by atoms with E-state index in [0.717, 1.165) is 6.42 Å². The number of anilines is 1. The molecule has 2 aromatic heterocycles. The lowest BCUT2D eigenvalue weighted by Crippen LogP contribution is -2.43. The van der Waals surface area contributed by atoms with E-state index in [1.165, 1.54) is 12.7 Å². The Bertz CT molecular complexity index is 1060. The van der Waals surface area contributed by atoms with Gasteiger partial charge in [-0.15, -0.1) is 0 Å². The fraction of sp³-hybridized carbons (Fsp3) is 0.400. The van der Waals surface area contributed by atoms with E-state index in [9.17, 15) is 15.0 Å². The number of ether oxygens (including phenoxy) is 1. The van der Waals surface area contributed by atoms with Crippen LogP contribution in [0, 0.1) is 0 Å². The third kappa shape index (κ3) is 4.15. The number of aliphatic hydroxyl groups is 2. The predicted octanol–water partition coefficient (Wildman–Crippen LogP) is -0.399. The highest BCUT2D eigenvalue weighted by Gasteiger charge is 2.43. The molecule has 0 aliphatic heterocycles. The lowest BCUT2D eigenvalue weighted by molar-refractivity contribution is 0.0143. The molecule has 1 saturated carbocycles. The van der Waals surface area contributed by atoms with Crippen LogP contribution in [0.15, 0.2) is 36.9 Å². The number of aromatic nitrogens is 4. The second-order valence-electron chi connectivity index (χ2n) is 7.46. The number of hydrogen-bond acceptors (Lipinski definition) is 9. The Morgan fingerprint density at radius 1 is 1.19 bits per heavy atom. The number of nitrogens with two attached hydrogens (primary N) is 2. The van der Waals surface area contributed by atoms with Crippen LogP contribution in [0.1, 0.15) is 29.2 Å². The molecule has 1 amide bonds. The van der Waals surface area contributed by atoms with Crippen molar-refractivity contribution in [3.63, 3.8) is 0 Å². The lowest BCUT2D eigenvalue weighted by atomic mass is 10.1. The van der Waals surface area contributed by atoms with Gasteiger partial charge in [0.05, 0.1) is 25.0 Å². The number of rotatable bonds is 7. The van der Waals surface area contributed by atoms with E-state index < -0.39 is 24.3 Å². The van der Waals surface area contributed by atoms with Crippen LogP contribution in [0.5, 0.6) is 5.75 Å². The maximum Gasteiger partial charge on any atom is 0.251 e. The molecule has 1 aromatic carbocycles. The molecule has 31 heavy (non-hydrogen) atoms. The van der Waals surface area contributed by atoms with Crippen LogP contribution < -0.4 is 21.5 Å². The molecule has 1 fully saturated rings. The zero-order valence-electron chi connectivity index (χ0n) is 16.8. The summed E-state index contributed by atoms with van der Waals surface area (Å²) >= 11 is 0. The first-order valence-electron chi connectivity index (χ1n) is 10.0. The molecule has 11 heteroatoms. The summed E-state index contributed by atoms with van der Waals surface area (Å²) in [5.41, 5.74) is 12.6. The van der Waals surface area contributed by atoms with Crippen LogP contribution in [0.25, 0.3) is 11.2 Å². The second-order valence-corrected chi connectivity index (χ2v) is 7.46. The van der Waals surface area contributed by atoms with E-state index >= 15 is 0 Å². The number of amides is 1. The third-order valence-corrected chi connectivity index (χ3v) is 5.45. The number of carbonyl (C=O) groups is 1. The van der Waals surface area contributed by atoms with Crippen LogP contribution >= 0.6 is 0 Å². The monoisotopic (exact) mass is 427 g/mol. The molecule has 2 heterocycles. The third-order valence-electron chi connectivity index (χ3n) is 5.45. The summed E-state index contributed by atoms with van der Waals surface area (Å²) in [5.74, 6) is 0.527. The van der Waals surface area contributed by atoms with Gasteiger partial charge in [-0.3, -0.25) is 4.79 Å². The Balaban J connectivity index is 1.44. The standard InChI is InChI=1S/C20H25N7O4/c21-6-1-7-31-12-4-2-11(3-5-12)20(30)26-13-8-14(17(29)16(13)28)27-10-25-15-18(22)23-9-24-19(15)27/h2-5,9-10,13-14,16-17,28-29H,1,6-8,21H2,(H,26,30)(H2,22,23,24)/t13-,14+,16-,17+/m0/s1. The predicted molar refractivity (Wildman–Crippen MR) is 112 cm³/mol. The van der Waals surface area contributed by atoms with Gasteiger partial charge in [0.1, 0.15) is 29.8 Å². The molecule has 0 saturated heterocycles. The number of carbonyl (C=O) groups excluding carboxylic acids is 1. The Morgan fingerprint density at radius 3 is 2.71 bits per heavy atom. The number of aliphatic hydroxyl groups excluding tert-OH is 2. The van der Waals surface area contributed by atoms with Gasteiger partial charge in [-0.25, -0.2) is 15.0 Å². The van der Waals surface area contributed by atoms with Gasteiger partial charge in [-0.2, -0.15) is 0 Å². The fourth-order valence-corrected chi connectivity index (χ4v) is 3.77. The van der Waals surface area contributed by atoms with Crippen LogP contribution in [0.2, 0.25) is 0 Å². The van der Waals surface area contributed by atoms with Crippen LogP contribution in [-0.4, -0.2) is 67.0 Å². The van der Waals surface area contributed by atoms with Gasteiger partial charge in [0, 0.05) is 5.56 Å². The van der Waals surface area contributed by atoms with E-state index in [-0.39, 0.29) is 11.7 Å². The Hall–Kier alpha value is -3.28. The number of imidazole rings is 1. The van der Waals surface area contributed by atoms with E-state index in [0.29, 0.717) is 42.0 Å². The minimum Gasteiger partial charge on any atom is -0.494 e. The summed E-state index contributed by atoms with van der Waals surface area (Å²) in [5, 5.41) is 23.9. The normalized spacial score (nSPS) is 23.2. The van der Waals surface area contributed by atoms with Gasteiger partial charge in [0.15, 0.2) is 11.5 Å². The molecule has 4 atom stereocenters. The van der Waals surface area contributed by atoms with Crippen molar-refractivity contribution in [2.75, 3.05) is 18.9 Å². The molecule has 164 valence electrons. The van der Waals surface area contributed by atoms with Crippen molar-refractivity contribution >= 4 is 22.9 Å². The molecule has 0 radical (unpaired) electrons. The maximum absolute atomic E-state index is 12.7. The van der Waals surface area contributed by atoms with Crippen molar-refractivity contribution in [1.82, 2.24) is 24.8 Å². The largest absolute Gasteiger partial charge is 0.494 e. The molecule has 11 nitrogen and oxygen atoms in total. The molecule has 7 N–H and O–H groups in total. The highest BCUT2D eigenvalue weighted by atomic mass is 16.5. The van der Waals surface area contributed by atoms with Gasteiger partial charge in [0.25, 0.3) is 5.91 Å². The van der Waals surface area contributed by atoms with E-state index in [1.807, 2.05) is 0 Å². The molecule has 4 rings (SSSR count). The van der Waals surface area contributed by atoms with Crippen LogP contribution in [0.3, 0.4) is 0 Å². The van der Waals surface area contributed by atoms with Crippen molar-refractivity contribution in [2.24, 2.45) is 5.73 Å². The number of hydrogen-bond donors (Lipinski definition) is 5. The minimum absolute atomic E-state index is 0.233. The number of fused-ring (bicyclic) bond motifs is 1. The molecule has 1 aliphatic rings. The highest BCUT2D eigenvalue weighted by Crippen LogP contribution is 2.33. The van der Waals surface area contributed by atoms with Gasteiger partial charge in [-0.05, 0) is 43.7 Å². The zero-order valence-corrected chi connectivity index (χ0v) is 16.8. The summed E-state index contributed by atoms with van der Waals surface area (Å²) in [6.07, 6.45) is 1.60. The molecule has 1 aliphatic carbocycles. The first kappa shape index (κ1) is 21.0. The minimum atomic E-state index is -1.15. The van der Waals surface area contributed by atoms with Crippen molar-refractivity contribution in [3.8, 4) is 5.75 Å². The molecule has 0 bridgehead atoms. The van der Waals surface area contributed by atoms with Crippen molar-refractivity contribution < 1.29 is 19.7 Å². The summed E-state index contributed by atoms with van der Waals surface area (Å²) in [6, 6.07) is 5.52. The average Bonchev–Trinajstić information content (AvgIpc) is 3.32. The first-order chi connectivity index (χ1) is 15.0. The molecule has 3 aromatic rings. The van der Waals surface area contributed by atoms with Gasteiger partial charge in [-0.1, -0.05) is 0 Å². The molecule has 0 unspecified atom stereocenters. The number of nitrogens with zero attached hydrogens (tertiary/aromatic N) is 4. The average molecular weight is 427 g/mol. The molecular weight excluding hydrogens is 402 g/mol. The Kier molecular flexibility index (Phi) is 5.98. The van der Waals surface area contributed by atoms with E-state index in [4.69, 9.17) is 16.2 Å². The number of nitrogens with one attached hydrogen (secondary N) is 1. The lowest BCUT2D eigenvalue weighted by Gasteiger charge is -2.18. The van der Waals surface area contributed by atoms with Gasteiger partial charge < -0.3 is 36.3 Å². The van der Waals surface area contributed by atoms with E-state index in [1.54, 1.807) is 28.8 Å². The Labute approximate surface area is 178 Å². The van der Waals surface area contributed by atoms with Gasteiger partial charge in [0.2, 0.25) is 0 Å². The smallest absolute Gasteiger partial charge is 0.251 e. The maximum atomic E-state index is 12.7. The highest BCUT2D eigenvalue weighted by molar-refractivity contribution is 5.94. The zero-order chi connectivity index (χ0) is 22.0. The first-order valence-corrected chi connectivity index (χ1v) is 10.0.